The first-order chi connectivity index (χ1) is 8.06. The number of carboxylic acids is 1. The van der Waals surface area contributed by atoms with Crippen LogP contribution in [0.5, 0.6) is 0 Å². The molecule has 0 amide bonds. The molecule has 1 aromatic rings. The monoisotopic (exact) mass is 240 g/mol. The van der Waals surface area contributed by atoms with Crippen LogP contribution >= 0.6 is 0 Å². The Morgan fingerprint density at radius 3 is 2.71 bits per heavy atom. The summed E-state index contributed by atoms with van der Waals surface area (Å²) in [5, 5.41) is 20.5. The van der Waals surface area contributed by atoms with Gasteiger partial charge in [0.1, 0.15) is 0 Å². The molecule has 1 atom stereocenters. The standard InChI is InChI=1S/C11H20N4O2/c1-4-5-6-9(11(16)17)15-10(7-8(2)3)12-13-14-15/h8-9H,4-7H2,1-3H3,(H,16,17). The van der Waals surface area contributed by atoms with E-state index >= 15 is 0 Å². The van der Waals surface area contributed by atoms with E-state index in [-0.39, 0.29) is 0 Å². The van der Waals surface area contributed by atoms with Crippen molar-refractivity contribution in [3.63, 3.8) is 0 Å². The summed E-state index contributed by atoms with van der Waals surface area (Å²) in [7, 11) is 0. The van der Waals surface area contributed by atoms with Crippen molar-refractivity contribution in [3.8, 4) is 0 Å². The maximum Gasteiger partial charge on any atom is 0.328 e. The summed E-state index contributed by atoms with van der Waals surface area (Å²) >= 11 is 0. The molecule has 1 rings (SSSR count). The van der Waals surface area contributed by atoms with Crippen molar-refractivity contribution < 1.29 is 9.90 Å². The van der Waals surface area contributed by atoms with Crippen LogP contribution in [-0.4, -0.2) is 31.3 Å². The first-order valence-corrected chi connectivity index (χ1v) is 6.05. The molecule has 1 heterocycles. The Hall–Kier alpha value is -1.46. The summed E-state index contributed by atoms with van der Waals surface area (Å²) in [4.78, 5) is 11.2. The third-order valence-corrected chi connectivity index (χ3v) is 2.56. The zero-order valence-corrected chi connectivity index (χ0v) is 10.6. The van der Waals surface area contributed by atoms with Gasteiger partial charge in [-0.3, -0.25) is 0 Å². The molecule has 6 nitrogen and oxygen atoms in total. The lowest BCUT2D eigenvalue weighted by atomic mass is 10.1. The molecular formula is C11H20N4O2. The van der Waals surface area contributed by atoms with Gasteiger partial charge in [-0.05, 0) is 22.8 Å². The number of carboxylic acid groups (broad SMARTS) is 1. The van der Waals surface area contributed by atoms with Crippen molar-refractivity contribution in [2.75, 3.05) is 0 Å². The number of hydrogen-bond donors (Lipinski definition) is 1. The third-order valence-electron chi connectivity index (χ3n) is 2.56. The average molecular weight is 240 g/mol. The number of nitrogens with zero attached hydrogens (tertiary/aromatic N) is 4. The number of rotatable bonds is 7. The largest absolute Gasteiger partial charge is 0.480 e. The lowest BCUT2D eigenvalue weighted by molar-refractivity contribution is -0.141. The van der Waals surface area contributed by atoms with Gasteiger partial charge in [0.15, 0.2) is 11.9 Å². The van der Waals surface area contributed by atoms with Crippen LogP contribution in [0, 0.1) is 5.92 Å². The van der Waals surface area contributed by atoms with Crippen molar-refractivity contribution >= 4 is 5.97 Å². The molecule has 0 aliphatic rings. The maximum absolute atomic E-state index is 11.2. The van der Waals surface area contributed by atoms with Gasteiger partial charge in [0.05, 0.1) is 0 Å². The first-order valence-electron chi connectivity index (χ1n) is 6.05. The second-order valence-corrected chi connectivity index (χ2v) is 4.63. The van der Waals surface area contributed by atoms with Crippen molar-refractivity contribution in [1.82, 2.24) is 20.2 Å². The number of aromatic nitrogens is 4. The molecule has 0 saturated heterocycles. The summed E-state index contributed by atoms with van der Waals surface area (Å²) in [6.45, 7) is 6.15. The van der Waals surface area contributed by atoms with E-state index in [2.05, 4.69) is 29.4 Å². The fourth-order valence-electron chi connectivity index (χ4n) is 1.70. The lowest BCUT2D eigenvalue weighted by Gasteiger charge is -2.14. The molecule has 0 aliphatic carbocycles. The predicted octanol–water partition coefficient (Wildman–Crippen LogP) is 1.69. The molecule has 1 N–H and O–H groups in total. The summed E-state index contributed by atoms with van der Waals surface area (Å²) in [5.74, 6) is 0.194. The normalized spacial score (nSPS) is 12.9. The Kier molecular flexibility index (Phi) is 5.06. The van der Waals surface area contributed by atoms with Crippen LogP contribution in [0.1, 0.15) is 51.9 Å². The highest BCUT2D eigenvalue weighted by Gasteiger charge is 2.23. The van der Waals surface area contributed by atoms with Gasteiger partial charge in [0, 0.05) is 6.42 Å². The van der Waals surface area contributed by atoms with Crippen LogP contribution in [0.15, 0.2) is 0 Å². The molecule has 1 unspecified atom stereocenters. The van der Waals surface area contributed by atoms with E-state index < -0.39 is 12.0 Å². The molecule has 96 valence electrons. The van der Waals surface area contributed by atoms with Gasteiger partial charge in [-0.15, -0.1) is 5.10 Å². The Bertz CT molecular complexity index is 362. The van der Waals surface area contributed by atoms with E-state index in [0.717, 1.165) is 12.8 Å². The third kappa shape index (κ3) is 3.80. The number of tetrazole rings is 1. The zero-order valence-electron chi connectivity index (χ0n) is 10.6. The molecule has 0 radical (unpaired) electrons. The van der Waals surface area contributed by atoms with Crippen molar-refractivity contribution in [3.05, 3.63) is 5.82 Å². The highest BCUT2D eigenvalue weighted by molar-refractivity contribution is 5.71. The molecule has 1 aromatic heterocycles. The number of carbonyl (C=O) groups is 1. The van der Waals surface area contributed by atoms with Crippen LogP contribution < -0.4 is 0 Å². The summed E-state index contributed by atoms with van der Waals surface area (Å²) in [5.41, 5.74) is 0. The Balaban J connectivity index is 2.86. The predicted molar refractivity (Wildman–Crippen MR) is 62.6 cm³/mol. The van der Waals surface area contributed by atoms with Crippen molar-refractivity contribution in [2.24, 2.45) is 5.92 Å². The van der Waals surface area contributed by atoms with Gasteiger partial charge >= 0.3 is 5.97 Å². The van der Waals surface area contributed by atoms with Crippen molar-refractivity contribution in [2.45, 2.75) is 52.5 Å². The van der Waals surface area contributed by atoms with Crippen molar-refractivity contribution in [1.29, 1.82) is 0 Å². The van der Waals surface area contributed by atoms with E-state index in [4.69, 9.17) is 0 Å². The minimum atomic E-state index is -0.865. The maximum atomic E-state index is 11.2. The molecule has 0 bridgehead atoms. The van der Waals surface area contributed by atoms with Gasteiger partial charge in [-0.2, -0.15) is 0 Å². The SMILES string of the molecule is CCCCC(C(=O)O)n1nnnc1CC(C)C. The van der Waals surface area contributed by atoms with E-state index in [0.29, 0.717) is 24.6 Å². The minimum absolute atomic E-state index is 0.403. The fraction of sp³-hybridized carbons (Fsp3) is 0.818. The fourth-order valence-corrected chi connectivity index (χ4v) is 1.70. The van der Waals surface area contributed by atoms with E-state index in [1.807, 2.05) is 6.92 Å². The smallest absolute Gasteiger partial charge is 0.328 e. The molecule has 6 heteroatoms. The summed E-state index contributed by atoms with van der Waals surface area (Å²) < 4.78 is 1.46. The molecular weight excluding hydrogens is 220 g/mol. The number of hydrogen-bond acceptors (Lipinski definition) is 4. The highest BCUT2D eigenvalue weighted by atomic mass is 16.4. The van der Waals surface area contributed by atoms with E-state index in [1.54, 1.807) is 0 Å². The quantitative estimate of drug-likeness (QED) is 0.784. The van der Waals surface area contributed by atoms with Crippen LogP contribution in [0.2, 0.25) is 0 Å². The second-order valence-electron chi connectivity index (χ2n) is 4.63. The summed E-state index contributed by atoms with van der Waals surface area (Å²) in [6, 6.07) is -0.640. The van der Waals surface area contributed by atoms with E-state index in [9.17, 15) is 9.90 Å². The topological polar surface area (TPSA) is 80.9 Å². The van der Waals surface area contributed by atoms with Crippen LogP contribution in [0.3, 0.4) is 0 Å². The Labute approximate surface area is 101 Å². The number of aliphatic carboxylic acids is 1. The minimum Gasteiger partial charge on any atom is -0.480 e. The van der Waals surface area contributed by atoms with Crippen LogP contribution in [-0.2, 0) is 11.2 Å². The highest BCUT2D eigenvalue weighted by Crippen LogP contribution is 2.17. The second kappa shape index (κ2) is 6.32. The van der Waals surface area contributed by atoms with Gasteiger partial charge in [0.25, 0.3) is 0 Å². The van der Waals surface area contributed by atoms with Gasteiger partial charge < -0.3 is 5.11 Å². The zero-order chi connectivity index (χ0) is 12.8. The van der Waals surface area contributed by atoms with Crippen LogP contribution in [0.25, 0.3) is 0 Å². The molecule has 0 saturated carbocycles. The van der Waals surface area contributed by atoms with Crippen LogP contribution in [0.4, 0.5) is 0 Å². The lowest BCUT2D eigenvalue weighted by Crippen LogP contribution is -2.23. The summed E-state index contributed by atoms with van der Waals surface area (Å²) in [6.07, 6.45) is 3.09. The first kappa shape index (κ1) is 13.6. The number of unbranched alkanes of at least 4 members (excludes halogenated alkanes) is 1. The molecule has 0 aliphatic heterocycles. The van der Waals surface area contributed by atoms with Gasteiger partial charge in [-0.1, -0.05) is 33.6 Å². The Morgan fingerprint density at radius 2 is 2.18 bits per heavy atom. The Morgan fingerprint density at radius 1 is 1.47 bits per heavy atom. The average Bonchev–Trinajstić information content (AvgIpc) is 2.65. The van der Waals surface area contributed by atoms with E-state index in [1.165, 1.54) is 4.68 Å². The van der Waals surface area contributed by atoms with Gasteiger partial charge in [-0.25, -0.2) is 9.48 Å². The van der Waals surface area contributed by atoms with Gasteiger partial charge in [0.2, 0.25) is 0 Å². The molecule has 17 heavy (non-hydrogen) atoms. The molecule has 0 aromatic carbocycles. The molecule has 0 spiro atoms. The molecule has 0 fully saturated rings.